The predicted molar refractivity (Wildman–Crippen MR) is 81.5 cm³/mol. The van der Waals surface area contributed by atoms with Crippen molar-refractivity contribution in [1.82, 2.24) is 10.2 Å². The van der Waals surface area contributed by atoms with E-state index in [-0.39, 0.29) is 11.5 Å². The van der Waals surface area contributed by atoms with Gasteiger partial charge in [-0.05, 0) is 56.4 Å². The second kappa shape index (κ2) is 5.67. The van der Waals surface area contributed by atoms with Crippen LogP contribution in [0.5, 0.6) is 0 Å². The highest BCUT2D eigenvalue weighted by molar-refractivity contribution is 5.83. The fourth-order valence-electron chi connectivity index (χ4n) is 4.70. The maximum Gasteiger partial charge on any atom is 0.240 e. The van der Waals surface area contributed by atoms with E-state index < -0.39 is 0 Å². The zero-order valence-corrected chi connectivity index (χ0v) is 13.2. The Morgan fingerprint density at radius 2 is 1.85 bits per heavy atom. The topological polar surface area (TPSA) is 32.3 Å². The van der Waals surface area contributed by atoms with E-state index in [9.17, 15) is 4.79 Å². The largest absolute Gasteiger partial charge is 0.338 e. The maximum absolute atomic E-state index is 13.1. The number of nitrogens with one attached hydrogen (secondary N) is 1. The summed E-state index contributed by atoms with van der Waals surface area (Å²) in [6.07, 6.45) is 10.2. The summed E-state index contributed by atoms with van der Waals surface area (Å²) in [5.74, 6) is 1.18. The number of nitrogens with zero attached hydrogens (tertiary/aromatic N) is 1. The van der Waals surface area contributed by atoms with Crippen molar-refractivity contribution < 1.29 is 4.79 Å². The van der Waals surface area contributed by atoms with Gasteiger partial charge in [0, 0.05) is 12.6 Å². The number of hydrogen-bond donors (Lipinski definition) is 1. The molecule has 114 valence electrons. The van der Waals surface area contributed by atoms with Crippen LogP contribution >= 0.6 is 0 Å². The molecular formula is C17H30N2O. The van der Waals surface area contributed by atoms with Gasteiger partial charge in [-0.2, -0.15) is 0 Å². The first-order valence-corrected chi connectivity index (χ1v) is 8.63. The summed E-state index contributed by atoms with van der Waals surface area (Å²) >= 11 is 0. The monoisotopic (exact) mass is 278 g/mol. The lowest BCUT2D eigenvalue weighted by Crippen LogP contribution is -2.60. The van der Waals surface area contributed by atoms with Crippen LogP contribution in [-0.4, -0.2) is 36.0 Å². The van der Waals surface area contributed by atoms with Crippen molar-refractivity contribution in [2.75, 3.05) is 13.1 Å². The molecule has 3 rings (SSSR count). The molecule has 3 nitrogen and oxygen atoms in total. The van der Waals surface area contributed by atoms with Crippen LogP contribution in [0.15, 0.2) is 0 Å². The number of hydrogen-bond acceptors (Lipinski definition) is 2. The van der Waals surface area contributed by atoms with Crippen LogP contribution in [0.3, 0.4) is 0 Å². The molecular weight excluding hydrogens is 248 g/mol. The maximum atomic E-state index is 13.1. The van der Waals surface area contributed by atoms with Gasteiger partial charge in [0.25, 0.3) is 0 Å². The molecule has 2 aliphatic heterocycles. The van der Waals surface area contributed by atoms with E-state index in [1.807, 2.05) is 0 Å². The highest BCUT2D eigenvalue weighted by Crippen LogP contribution is 2.38. The third-order valence-corrected chi connectivity index (χ3v) is 5.90. The van der Waals surface area contributed by atoms with Gasteiger partial charge in [-0.1, -0.05) is 26.7 Å². The molecule has 0 aromatic rings. The first-order valence-electron chi connectivity index (χ1n) is 8.63. The van der Waals surface area contributed by atoms with Crippen LogP contribution in [-0.2, 0) is 4.79 Å². The summed E-state index contributed by atoms with van der Waals surface area (Å²) in [5.41, 5.74) is 0.108. The smallest absolute Gasteiger partial charge is 0.240 e. The van der Waals surface area contributed by atoms with Gasteiger partial charge in [0.2, 0.25) is 5.91 Å². The Balaban J connectivity index is 1.74. The van der Waals surface area contributed by atoms with Gasteiger partial charge in [0.15, 0.2) is 0 Å². The van der Waals surface area contributed by atoms with Gasteiger partial charge in [0.1, 0.15) is 0 Å². The van der Waals surface area contributed by atoms with Gasteiger partial charge < -0.3 is 10.2 Å². The molecule has 0 bridgehead atoms. The standard InChI is InChI=1S/C17H30N2O/c1-17(2)10-6-11-18-15(17)16(20)19-12-5-8-13-7-3-4-9-14(13)19/h13-15,18H,3-12H2,1-2H3/t13-,14-,15?/m1/s1. The molecule has 1 unspecified atom stereocenters. The number of piperidine rings is 2. The third kappa shape index (κ3) is 2.61. The molecule has 0 aromatic carbocycles. The van der Waals surface area contributed by atoms with E-state index in [4.69, 9.17) is 0 Å². The van der Waals surface area contributed by atoms with Gasteiger partial charge in [-0.3, -0.25) is 4.79 Å². The molecule has 3 atom stereocenters. The molecule has 0 aromatic heterocycles. The summed E-state index contributed by atoms with van der Waals surface area (Å²) < 4.78 is 0. The van der Waals surface area contributed by atoms with Gasteiger partial charge in [-0.15, -0.1) is 0 Å². The van der Waals surface area contributed by atoms with Crippen molar-refractivity contribution in [3.05, 3.63) is 0 Å². The fraction of sp³-hybridized carbons (Fsp3) is 0.941. The number of rotatable bonds is 1. The van der Waals surface area contributed by atoms with E-state index in [1.54, 1.807) is 0 Å². The Morgan fingerprint density at radius 1 is 1.10 bits per heavy atom. The molecule has 3 heteroatoms. The average molecular weight is 278 g/mol. The molecule has 2 heterocycles. The summed E-state index contributed by atoms with van der Waals surface area (Å²) in [7, 11) is 0. The van der Waals surface area contributed by atoms with E-state index in [0.717, 1.165) is 19.0 Å². The number of likely N-dealkylation sites (tertiary alicyclic amines) is 1. The molecule has 0 radical (unpaired) electrons. The van der Waals surface area contributed by atoms with E-state index in [0.29, 0.717) is 11.9 Å². The molecule has 1 N–H and O–H groups in total. The lowest BCUT2D eigenvalue weighted by molar-refractivity contribution is -0.143. The SMILES string of the molecule is CC1(C)CCCNC1C(=O)N1CCC[C@H]2CCCC[C@H]21. The van der Waals surface area contributed by atoms with Crippen LogP contribution in [0.2, 0.25) is 0 Å². The molecule has 1 aliphatic carbocycles. The van der Waals surface area contributed by atoms with Crippen molar-refractivity contribution in [2.45, 2.75) is 77.3 Å². The highest BCUT2D eigenvalue weighted by atomic mass is 16.2. The minimum absolute atomic E-state index is 0.0388. The Bertz CT molecular complexity index is 364. The quantitative estimate of drug-likeness (QED) is 0.800. The second-order valence-electron chi connectivity index (χ2n) is 7.77. The van der Waals surface area contributed by atoms with Crippen molar-refractivity contribution in [3.63, 3.8) is 0 Å². The van der Waals surface area contributed by atoms with Crippen LogP contribution in [0, 0.1) is 11.3 Å². The molecule has 0 spiro atoms. The van der Waals surface area contributed by atoms with Gasteiger partial charge in [-0.25, -0.2) is 0 Å². The lowest BCUT2D eigenvalue weighted by Gasteiger charge is -2.48. The molecule has 3 aliphatic rings. The molecule has 1 saturated carbocycles. The normalized spacial score (nSPS) is 37.3. The van der Waals surface area contributed by atoms with Crippen molar-refractivity contribution in [1.29, 1.82) is 0 Å². The Hall–Kier alpha value is -0.570. The molecule has 2 saturated heterocycles. The first-order chi connectivity index (χ1) is 9.59. The highest BCUT2D eigenvalue weighted by Gasteiger charge is 2.43. The van der Waals surface area contributed by atoms with Crippen molar-refractivity contribution in [2.24, 2.45) is 11.3 Å². The lowest BCUT2D eigenvalue weighted by atomic mass is 9.74. The summed E-state index contributed by atoms with van der Waals surface area (Å²) in [6, 6.07) is 0.585. The van der Waals surface area contributed by atoms with Crippen LogP contribution in [0.4, 0.5) is 0 Å². The Labute approximate surface area is 123 Å². The number of carbonyl (C=O) groups is 1. The Morgan fingerprint density at radius 3 is 2.65 bits per heavy atom. The third-order valence-electron chi connectivity index (χ3n) is 5.90. The van der Waals surface area contributed by atoms with Crippen LogP contribution < -0.4 is 5.32 Å². The Kier molecular flexibility index (Phi) is 4.07. The van der Waals surface area contributed by atoms with Gasteiger partial charge >= 0.3 is 0 Å². The second-order valence-corrected chi connectivity index (χ2v) is 7.77. The summed E-state index contributed by atoms with van der Waals surface area (Å²) in [6.45, 7) is 6.50. The number of fused-ring (bicyclic) bond motifs is 1. The first kappa shape index (κ1) is 14.4. The zero-order valence-electron chi connectivity index (χ0n) is 13.2. The summed E-state index contributed by atoms with van der Waals surface area (Å²) in [5, 5.41) is 3.51. The van der Waals surface area contributed by atoms with Crippen LogP contribution in [0.25, 0.3) is 0 Å². The van der Waals surface area contributed by atoms with E-state index >= 15 is 0 Å². The van der Waals surface area contributed by atoms with Crippen LogP contribution in [0.1, 0.15) is 65.2 Å². The van der Waals surface area contributed by atoms with Gasteiger partial charge in [0.05, 0.1) is 6.04 Å². The molecule has 1 amide bonds. The van der Waals surface area contributed by atoms with E-state index in [1.165, 1.54) is 51.4 Å². The minimum atomic E-state index is 0.0388. The number of amides is 1. The minimum Gasteiger partial charge on any atom is -0.338 e. The van der Waals surface area contributed by atoms with E-state index in [2.05, 4.69) is 24.1 Å². The summed E-state index contributed by atoms with van der Waals surface area (Å²) in [4.78, 5) is 15.3. The average Bonchev–Trinajstić information content (AvgIpc) is 2.45. The zero-order chi connectivity index (χ0) is 14.2. The van der Waals surface area contributed by atoms with Crippen molar-refractivity contribution in [3.8, 4) is 0 Å². The predicted octanol–water partition coefficient (Wildman–Crippen LogP) is 2.95. The molecule has 20 heavy (non-hydrogen) atoms. The number of carbonyl (C=O) groups excluding carboxylic acids is 1. The van der Waals surface area contributed by atoms with Crippen molar-refractivity contribution >= 4 is 5.91 Å². The fourth-order valence-corrected chi connectivity index (χ4v) is 4.70. The molecule has 3 fully saturated rings.